The van der Waals surface area contributed by atoms with Gasteiger partial charge in [-0.25, -0.2) is 13.8 Å². The van der Waals surface area contributed by atoms with Crippen molar-refractivity contribution < 1.29 is 28.9 Å². The van der Waals surface area contributed by atoms with Crippen LogP contribution in [0.5, 0.6) is 0 Å². The first-order valence-corrected chi connectivity index (χ1v) is 9.67. The van der Waals surface area contributed by atoms with E-state index in [0.29, 0.717) is 11.0 Å². The summed E-state index contributed by atoms with van der Waals surface area (Å²) in [6, 6.07) is 15.6. The molecule has 0 saturated heterocycles. The minimum Gasteiger partial charge on any atom is -0.506 e. The van der Waals surface area contributed by atoms with E-state index in [-0.39, 0.29) is 22.5 Å². The monoisotopic (exact) mass is 436 g/mol. The Morgan fingerprint density at radius 1 is 1.03 bits per heavy atom. The molecule has 4 aromatic rings. The van der Waals surface area contributed by atoms with Gasteiger partial charge >= 0.3 is 0 Å². The zero-order valence-corrected chi connectivity index (χ0v) is 16.6. The molecule has 162 valence electrons. The number of H-pyrrole nitrogens is 1. The third-order valence-corrected chi connectivity index (χ3v) is 4.99. The number of rotatable bonds is 6. The highest BCUT2D eigenvalue weighted by Gasteiger charge is 2.27. The zero-order chi connectivity index (χ0) is 22.8. The second-order valence-corrected chi connectivity index (χ2v) is 7.07. The van der Waals surface area contributed by atoms with Gasteiger partial charge < -0.3 is 20.3 Å². The smallest absolute Gasteiger partial charge is 0.203 e. The standard InChI is InChI=1S/C24H18F2N2O4/c25-14-6-3-5-13(11-14)22(31)20(24-27-17-9-1-2-10-18(17)28-24)23(32)16-8-4-7-15(21(16)26)19(30)12-29/h1-11,19,29-31H,12H2,(H,27,28)/b22-20-/t19-/m0/s1. The average Bonchev–Trinajstić information content (AvgIpc) is 3.22. The van der Waals surface area contributed by atoms with E-state index in [1.165, 1.54) is 36.4 Å². The molecule has 0 aliphatic carbocycles. The van der Waals surface area contributed by atoms with Crippen LogP contribution < -0.4 is 0 Å². The largest absolute Gasteiger partial charge is 0.506 e. The topological polar surface area (TPSA) is 106 Å². The lowest BCUT2D eigenvalue weighted by Gasteiger charge is -2.13. The van der Waals surface area contributed by atoms with Gasteiger partial charge in [-0.15, -0.1) is 0 Å². The number of aromatic amines is 1. The van der Waals surface area contributed by atoms with Gasteiger partial charge in [0.2, 0.25) is 5.78 Å². The number of hydrogen-bond acceptors (Lipinski definition) is 5. The SMILES string of the molecule is O=C(/C(=C(/O)c1cccc(F)c1)c1nc2ccccc2[nH]1)c1cccc([C@@H](O)CO)c1F. The van der Waals surface area contributed by atoms with Crippen molar-refractivity contribution in [3.8, 4) is 0 Å². The van der Waals surface area contributed by atoms with E-state index in [0.717, 1.165) is 6.07 Å². The van der Waals surface area contributed by atoms with Crippen LogP contribution >= 0.6 is 0 Å². The van der Waals surface area contributed by atoms with Gasteiger partial charge in [0, 0.05) is 11.1 Å². The lowest BCUT2D eigenvalue weighted by Crippen LogP contribution is -2.13. The summed E-state index contributed by atoms with van der Waals surface area (Å²) in [6.07, 6.45) is -1.53. The Bertz CT molecular complexity index is 1310. The molecule has 0 unspecified atom stereocenters. The van der Waals surface area contributed by atoms with Crippen LogP contribution in [0.2, 0.25) is 0 Å². The second kappa shape index (κ2) is 8.70. The van der Waals surface area contributed by atoms with Crippen LogP contribution in [-0.4, -0.2) is 37.7 Å². The quantitative estimate of drug-likeness (QED) is 0.206. The summed E-state index contributed by atoms with van der Waals surface area (Å²) in [5.74, 6) is -3.24. The number of aromatic nitrogens is 2. The molecule has 0 saturated carbocycles. The van der Waals surface area contributed by atoms with E-state index in [1.54, 1.807) is 24.3 Å². The number of nitrogens with one attached hydrogen (secondary N) is 1. The molecule has 1 aromatic heterocycles. The summed E-state index contributed by atoms with van der Waals surface area (Å²) < 4.78 is 28.9. The highest BCUT2D eigenvalue weighted by molar-refractivity contribution is 6.33. The van der Waals surface area contributed by atoms with Crippen LogP contribution in [0.4, 0.5) is 8.78 Å². The average molecular weight is 436 g/mol. The fourth-order valence-corrected chi connectivity index (χ4v) is 3.39. The van der Waals surface area contributed by atoms with Crippen LogP contribution in [0.1, 0.15) is 33.4 Å². The predicted octanol–water partition coefficient (Wildman–Crippen LogP) is 4.18. The third-order valence-electron chi connectivity index (χ3n) is 4.99. The first kappa shape index (κ1) is 21.4. The molecule has 0 spiro atoms. The molecule has 6 nitrogen and oxygen atoms in total. The molecule has 32 heavy (non-hydrogen) atoms. The van der Waals surface area contributed by atoms with E-state index >= 15 is 4.39 Å². The number of nitrogens with zero attached hydrogens (tertiary/aromatic N) is 1. The normalized spacial score (nSPS) is 13.1. The number of aliphatic hydroxyl groups excluding tert-OH is 3. The van der Waals surface area contributed by atoms with Crippen molar-refractivity contribution in [2.24, 2.45) is 0 Å². The number of carbonyl (C=O) groups is 1. The van der Waals surface area contributed by atoms with Gasteiger partial charge in [0.1, 0.15) is 34.9 Å². The van der Waals surface area contributed by atoms with Gasteiger partial charge in [-0.3, -0.25) is 4.79 Å². The summed E-state index contributed by atoms with van der Waals surface area (Å²) in [6.45, 7) is -0.741. The Morgan fingerprint density at radius 2 is 1.78 bits per heavy atom. The molecule has 1 atom stereocenters. The fourth-order valence-electron chi connectivity index (χ4n) is 3.39. The number of allylic oxidation sites excluding steroid dienone is 1. The van der Waals surface area contributed by atoms with Crippen molar-refractivity contribution in [3.63, 3.8) is 0 Å². The van der Waals surface area contributed by atoms with Crippen molar-refractivity contribution in [3.05, 3.63) is 101 Å². The highest BCUT2D eigenvalue weighted by atomic mass is 19.1. The number of aliphatic hydroxyl groups is 3. The molecular formula is C24H18F2N2O4. The fraction of sp³-hybridized carbons (Fsp3) is 0.0833. The van der Waals surface area contributed by atoms with Gasteiger partial charge in [-0.05, 0) is 30.3 Å². The van der Waals surface area contributed by atoms with E-state index in [1.807, 2.05) is 0 Å². The summed E-state index contributed by atoms with van der Waals surface area (Å²) in [4.78, 5) is 20.7. The van der Waals surface area contributed by atoms with Crippen LogP contribution in [0.15, 0.2) is 66.7 Å². The molecule has 0 amide bonds. The molecule has 0 fully saturated rings. The van der Waals surface area contributed by atoms with Crippen molar-refractivity contribution in [2.75, 3.05) is 6.61 Å². The van der Waals surface area contributed by atoms with E-state index in [2.05, 4.69) is 9.97 Å². The van der Waals surface area contributed by atoms with Gasteiger partial charge in [0.15, 0.2) is 0 Å². The molecule has 0 bridgehead atoms. The summed E-state index contributed by atoms with van der Waals surface area (Å²) >= 11 is 0. The van der Waals surface area contributed by atoms with E-state index in [4.69, 9.17) is 0 Å². The predicted molar refractivity (Wildman–Crippen MR) is 115 cm³/mol. The van der Waals surface area contributed by atoms with Crippen molar-refractivity contribution >= 4 is 28.1 Å². The number of fused-ring (bicyclic) bond motifs is 1. The van der Waals surface area contributed by atoms with Crippen LogP contribution in [0, 0.1) is 11.6 Å². The van der Waals surface area contributed by atoms with Gasteiger partial charge in [0.25, 0.3) is 0 Å². The van der Waals surface area contributed by atoms with Gasteiger partial charge in [-0.1, -0.05) is 36.4 Å². The Morgan fingerprint density at radius 3 is 2.50 bits per heavy atom. The third kappa shape index (κ3) is 3.89. The molecule has 0 radical (unpaired) electrons. The number of para-hydroxylation sites is 2. The lowest BCUT2D eigenvalue weighted by atomic mass is 9.95. The maximum atomic E-state index is 15.1. The molecular weight excluding hydrogens is 418 g/mol. The number of imidazole rings is 1. The molecule has 1 heterocycles. The maximum absolute atomic E-state index is 15.1. The zero-order valence-electron chi connectivity index (χ0n) is 16.6. The van der Waals surface area contributed by atoms with E-state index in [9.17, 15) is 24.5 Å². The summed E-state index contributed by atoms with van der Waals surface area (Å²) in [5, 5.41) is 30.0. The molecule has 3 aromatic carbocycles. The lowest BCUT2D eigenvalue weighted by molar-refractivity contribution is 0.0920. The summed E-state index contributed by atoms with van der Waals surface area (Å²) in [5.41, 5.74) is -0.0161. The Labute approximate surface area is 181 Å². The number of carbonyl (C=O) groups excluding carboxylic acids is 1. The molecule has 0 aliphatic rings. The highest BCUT2D eigenvalue weighted by Crippen LogP contribution is 2.30. The van der Waals surface area contributed by atoms with Gasteiger partial charge in [-0.2, -0.15) is 0 Å². The van der Waals surface area contributed by atoms with Gasteiger partial charge in [0.05, 0.1) is 23.2 Å². The minimum atomic E-state index is -1.53. The first-order chi connectivity index (χ1) is 15.4. The van der Waals surface area contributed by atoms with Crippen LogP contribution in [0.3, 0.4) is 0 Å². The molecule has 4 N–H and O–H groups in total. The number of ketones is 1. The molecule has 4 rings (SSSR count). The molecule has 8 heteroatoms. The van der Waals surface area contributed by atoms with Crippen LogP contribution in [0.25, 0.3) is 22.4 Å². The van der Waals surface area contributed by atoms with Crippen molar-refractivity contribution in [1.29, 1.82) is 0 Å². The van der Waals surface area contributed by atoms with Crippen molar-refractivity contribution in [1.82, 2.24) is 9.97 Å². The number of halogens is 2. The van der Waals surface area contributed by atoms with E-state index < -0.39 is 41.5 Å². The second-order valence-electron chi connectivity index (χ2n) is 7.07. The maximum Gasteiger partial charge on any atom is 0.203 e. The van der Waals surface area contributed by atoms with Crippen molar-refractivity contribution in [2.45, 2.75) is 6.10 Å². The first-order valence-electron chi connectivity index (χ1n) is 9.67. The van der Waals surface area contributed by atoms with Crippen LogP contribution in [-0.2, 0) is 0 Å². The minimum absolute atomic E-state index is 0.000705. The number of benzene rings is 3. The Hall–Kier alpha value is -3.88. The Balaban J connectivity index is 1.94. The number of Topliss-reactive ketones (excluding diaryl/α,β-unsaturated/α-hetero) is 1. The Kier molecular flexibility index (Phi) is 5.81. The summed E-state index contributed by atoms with van der Waals surface area (Å²) in [7, 11) is 0. The number of hydrogen-bond donors (Lipinski definition) is 4. The molecule has 0 aliphatic heterocycles.